The normalized spacial score (nSPS) is 10.3. The first-order chi connectivity index (χ1) is 15.4. The molecule has 2 amide bonds. The lowest BCUT2D eigenvalue weighted by molar-refractivity contribution is -0.118. The highest BCUT2D eigenvalue weighted by atomic mass is 35.5. The summed E-state index contributed by atoms with van der Waals surface area (Å²) >= 11 is 7.31. The van der Waals surface area contributed by atoms with Crippen molar-refractivity contribution in [3.63, 3.8) is 0 Å². The van der Waals surface area contributed by atoms with Crippen LogP contribution >= 0.6 is 23.4 Å². The molecule has 0 aliphatic carbocycles. The van der Waals surface area contributed by atoms with Gasteiger partial charge in [-0.3, -0.25) is 9.59 Å². The Morgan fingerprint density at radius 3 is 2.31 bits per heavy atom. The van der Waals surface area contributed by atoms with Gasteiger partial charge in [0.1, 0.15) is 5.75 Å². The van der Waals surface area contributed by atoms with Crippen LogP contribution in [0.25, 0.3) is 0 Å². The number of rotatable bonds is 9. The molecule has 0 aromatic heterocycles. The number of anilines is 2. The van der Waals surface area contributed by atoms with Crippen LogP contribution in [0.3, 0.4) is 0 Å². The van der Waals surface area contributed by atoms with E-state index < -0.39 is 5.97 Å². The zero-order valence-electron chi connectivity index (χ0n) is 16.7. The first-order valence-electron chi connectivity index (χ1n) is 9.44. The van der Waals surface area contributed by atoms with Crippen molar-refractivity contribution in [2.45, 2.75) is 4.90 Å². The van der Waals surface area contributed by atoms with Gasteiger partial charge in [0.2, 0.25) is 5.91 Å². The molecule has 3 N–H and O–H groups in total. The van der Waals surface area contributed by atoms with Gasteiger partial charge in [-0.2, -0.15) is 0 Å². The van der Waals surface area contributed by atoms with Gasteiger partial charge in [-0.05, 0) is 54.6 Å². The molecule has 0 heterocycles. The molecule has 0 saturated carbocycles. The van der Waals surface area contributed by atoms with Crippen molar-refractivity contribution >= 4 is 52.5 Å². The van der Waals surface area contributed by atoms with E-state index in [1.54, 1.807) is 36.4 Å². The van der Waals surface area contributed by atoms with Crippen LogP contribution in [-0.4, -0.2) is 35.2 Å². The highest BCUT2D eigenvalue weighted by molar-refractivity contribution is 8.00. The van der Waals surface area contributed by atoms with Gasteiger partial charge >= 0.3 is 5.97 Å². The van der Waals surface area contributed by atoms with Gasteiger partial charge in [-0.15, -0.1) is 11.8 Å². The molecule has 0 unspecified atom stereocenters. The molecular weight excluding hydrogens is 452 g/mol. The van der Waals surface area contributed by atoms with Crippen molar-refractivity contribution in [1.29, 1.82) is 0 Å². The average molecular weight is 471 g/mol. The van der Waals surface area contributed by atoms with E-state index >= 15 is 0 Å². The van der Waals surface area contributed by atoms with Crippen molar-refractivity contribution in [3.05, 3.63) is 83.4 Å². The van der Waals surface area contributed by atoms with E-state index in [-0.39, 0.29) is 40.4 Å². The Kier molecular flexibility index (Phi) is 8.13. The summed E-state index contributed by atoms with van der Waals surface area (Å²) in [5, 5.41) is 14.7. The van der Waals surface area contributed by atoms with E-state index in [4.69, 9.17) is 21.4 Å². The number of benzene rings is 3. The summed E-state index contributed by atoms with van der Waals surface area (Å²) in [6.07, 6.45) is 0. The molecule has 0 fully saturated rings. The van der Waals surface area contributed by atoms with Crippen LogP contribution in [-0.2, 0) is 9.59 Å². The van der Waals surface area contributed by atoms with E-state index in [1.165, 1.54) is 30.0 Å². The molecule has 164 valence electrons. The lowest BCUT2D eigenvalue weighted by Crippen LogP contribution is -2.20. The highest BCUT2D eigenvalue weighted by Crippen LogP contribution is 2.25. The summed E-state index contributed by atoms with van der Waals surface area (Å²) in [5.41, 5.74) is 0.884. The number of carbonyl (C=O) groups is 3. The predicted molar refractivity (Wildman–Crippen MR) is 125 cm³/mol. The smallest absolute Gasteiger partial charge is 0.335 e. The lowest BCUT2D eigenvalue weighted by Gasteiger charge is -2.09. The Morgan fingerprint density at radius 2 is 1.62 bits per heavy atom. The van der Waals surface area contributed by atoms with E-state index in [0.29, 0.717) is 11.4 Å². The quantitative estimate of drug-likeness (QED) is 0.388. The highest BCUT2D eigenvalue weighted by Gasteiger charge is 2.11. The van der Waals surface area contributed by atoms with Crippen LogP contribution in [0.4, 0.5) is 11.4 Å². The number of amides is 2. The van der Waals surface area contributed by atoms with Gasteiger partial charge in [-0.1, -0.05) is 29.8 Å². The predicted octanol–water partition coefficient (Wildman–Crippen LogP) is 4.79. The van der Waals surface area contributed by atoms with Crippen LogP contribution in [0, 0.1) is 0 Å². The molecule has 3 aromatic carbocycles. The second kappa shape index (κ2) is 11.2. The second-order valence-corrected chi connectivity index (χ2v) is 7.97. The SMILES string of the molecule is O=C(COc1ccccc1)Nc1ccc(SCC(=O)Nc2cc(C(=O)O)ccc2Cl)cc1. The standard InChI is InChI=1S/C23H19ClN2O5S/c24-19-11-6-15(23(29)30)12-20(19)26-22(28)14-32-18-9-7-16(8-10-18)25-21(27)13-31-17-4-2-1-3-5-17/h1-12H,13-14H2,(H,25,27)(H,26,28)(H,29,30). The van der Waals surface area contributed by atoms with Crippen LogP contribution in [0.1, 0.15) is 10.4 Å². The summed E-state index contributed by atoms with van der Waals surface area (Å²) in [6, 6.07) is 20.2. The van der Waals surface area contributed by atoms with Gasteiger partial charge in [0.15, 0.2) is 6.61 Å². The number of halogens is 1. The van der Waals surface area contributed by atoms with Gasteiger partial charge in [-0.25, -0.2) is 4.79 Å². The Bertz CT molecular complexity index is 1110. The molecule has 0 radical (unpaired) electrons. The van der Waals surface area contributed by atoms with Crippen LogP contribution in [0.15, 0.2) is 77.7 Å². The number of carboxylic acid groups (broad SMARTS) is 1. The molecule has 7 nitrogen and oxygen atoms in total. The molecule has 0 spiro atoms. The maximum absolute atomic E-state index is 12.2. The van der Waals surface area contributed by atoms with Crippen LogP contribution in [0.5, 0.6) is 5.75 Å². The maximum atomic E-state index is 12.2. The third kappa shape index (κ3) is 7.04. The Hall–Kier alpha value is -3.49. The van der Waals surface area contributed by atoms with Crippen molar-refractivity contribution in [3.8, 4) is 5.75 Å². The van der Waals surface area contributed by atoms with E-state index in [0.717, 1.165) is 4.90 Å². The zero-order valence-corrected chi connectivity index (χ0v) is 18.3. The number of hydrogen-bond acceptors (Lipinski definition) is 5. The fourth-order valence-corrected chi connectivity index (χ4v) is 3.45. The molecule has 3 rings (SSSR count). The van der Waals surface area contributed by atoms with E-state index in [9.17, 15) is 14.4 Å². The number of nitrogens with one attached hydrogen (secondary N) is 2. The molecule has 32 heavy (non-hydrogen) atoms. The Balaban J connectivity index is 1.46. The monoisotopic (exact) mass is 470 g/mol. The second-order valence-electron chi connectivity index (χ2n) is 6.51. The topological polar surface area (TPSA) is 105 Å². The van der Waals surface area contributed by atoms with Gasteiger partial charge in [0, 0.05) is 10.6 Å². The van der Waals surface area contributed by atoms with Crippen molar-refractivity contribution in [2.24, 2.45) is 0 Å². The summed E-state index contributed by atoms with van der Waals surface area (Å²) in [5.74, 6) is -0.998. The summed E-state index contributed by atoms with van der Waals surface area (Å²) in [4.78, 5) is 36.1. The number of carbonyl (C=O) groups excluding carboxylic acids is 2. The molecule has 0 saturated heterocycles. The summed E-state index contributed by atoms with van der Waals surface area (Å²) in [6.45, 7) is -0.105. The minimum atomic E-state index is -1.11. The number of para-hydroxylation sites is 1. The molecule has 0 bridgehead atoms. The van der Waals surface area contributed by atoms with Gasteiger partial charge < -0.3 is 20.5 Å². The minimum absolute atomic E-state index is 0.0316. The Morgan fingerprint density at radius 1 is 0.906 bits per heavy atom. The van der Waals surface area contributed by atoms with Gasteiger partial charge in [0.05, 0.1) is 22.0 Å². The molecular formula is C23H19ClN2O5S. The van der Waals surface area contributed by atoms with E-state index in [1.807, 2.05) is 18.2 Å². The number of carboxylic acids is 1. The molecule has 0 aliphatic rings. The summed E-state index contributed by atoms with van der Waals surface area (Å²) < 4.78 is 5.40. The first-order valence-corrected chi connectivity index (χ1v) is 10.8. The zero-order chi connectivity index (χ0) is 22.9. The van der Waals surface area contributed by atoms with Crippen LogP contribution < -0.4 is 15.4 Å². The fourth-order valence-electron chi connectivity index (χ4n) is 2.59. The largest absolute Gasteiger partial charge is 0.484 e. The third-order valence-corrected chi connectivity index (χ3v) is 5.45. The van der Waals surface area contributed by atoms with Crippen molar-refractivity contribution in [2.75, 3.05) is 23.0 Å². The summed E-state index contributed by atoms with van der Waals surface area (Å²) in [7, 11) is 0. The third-order valence-electron chi connectivity index (χ3n) is 4.11. The number of thioether (sulfide) groups is 1. The molecule has 0 aliphatic heterocycles. The number of ether oxygens (including phenoxy) is 1. The molecule has 3 aromatic rings. The minimum Gasteiger partial charge on any atom is -0.484 e. The fraction of sp³-hybridized carbons (Fsp3) is 0.0870. The van der Waals surface area contributed by atoms with Crippen molar-refractivity contribution < 1.29 is 24.2 Å². The first kappa shape index (κ1) is 23.2. The lowest BCUT2D eigenvalue weighted by atomic mass is 10.2. The van der Waals surface area contributed by atoms with Crippen LogP contribution in [0.2, 0.25) is 5.02 Å². The molecule has 9 heteroatoms. The van der Waals surface area contributed by atoms with Crippen molar-refractivity contribution in [1.82, 2.24) is 0 Å². The number of hydrogen-bond donors (Lipinski definition) is 3. The van der Waals surface area contributed by atoms with Gasteiger partial charge in [0.25, 0.3) is 5.91 Å². The average Bonchev–Trinajstić information content (AvgIpc) is 2.79. The Labute approximate surface area is 193 Å². The molecule has 0 atom stereocenters. The number of aromatic carboxylic acids is 1. The maximum Gasteiger partial charge on any atom is 0.335 e. The van der Waals surface area contributed by atoms with E-state index in [2.05, 4.69) is 10.6 Å².